The van der Waals surface area contributed by atoms with E-state index in [1.807, 2.05) is 30.3 Å². The zero-order valence-corrected chi connectivity index (χ0v) is 10.7. The topological polar surface area (TPSA) is 43.6 Å². The molecular formula is C15H14N4. The molecule has 1 heterocycles. The van der Waals surface area contributed by atoms with Crippen molar-refractivity contribution in [1.29, 1.82) is 0 Å². The standard InChI is InChI=1S/C15H14N4/c1-12-7-9-13(10-8-12)11-19-17-15(16-18-19)14-5-3-2-4-6-14/h2-10H,11H2,1H3. The highest BCUT2D eigenvalue weighted by Gasteiger charge is 2.05. The molecule has 1 aromatic heterocycles. The second kappa shape index (κ2) is 5.02. The molecule has 0 N–H and O–H groups in total. The van der Waals surface area contributed by atoms with E-state index in [9.17, 15) is 0 Å². The fourth-order valence-electron chi connectivity index (χ4n) is 1.87. The molecule has 3 aromatic rings. The molecule has 0 aliphatic carbocycles. The van der Waals surface area contributed by atoms with Gasteiger partial charge in [-0.3, -0.25) is 0 Å². The van der Waals surface area contributed by atoms with E-state index in [4.69, 9.17) is 0 Å². The molecule has 2 aromatic carbocycles. The van der Waals surface area contributed by atoms with Crippen LogP contribution in [0, 0.1) is 6.92 Å². The molecule has 0 radical (unpaired) electrons. The van der Waals surface area contributed by atoms with Crippen molar-refractivity contribution < 1.29 is 0 Å². The summed E-state index contributed by atoms with van der Waals surface area (Å²) in [5.74, 6) is 0.660. The molecule has 0 aliphatic rings. The summed E-state index contributed by atoms with van der Waals surface area (Å²) in [4.78, 5) is 1.62. The van der Waals surface area contributed by atoms with Gasteiger partial charge in [0.15, 0.2) is 0 Å². The number of rotatable bonds is 3. The Morgan fingerprint density at radius 3 is 2.42 bits per heavy atom. The summed E-state index contributed by atoms with van der Waals surface area (Å²) in [5, 5.41) is 12.6. The number of benzene rings is 2. The van der Waals surface area contributed by atoms with Gasteiger partial charge in [0.25, 0.3) is 0 Å². The summed E-state index contributed by atoms with van der Waals surface area (Å²) in [6.07, 6.45) is 0. The van der Waals surface area contributed by atoms with Crippen molar-refractivity contribution in [2.75, 3.05) is 0 Å². The maximum atomic E-state index is 4.39. The molecule has 4 nitrogen and oxygen atoms in total. The quantitative estimate of drug-likeness (QED) is 0.717. The maximum absolute atomic E-state index is 4.39. The van der Waals surface area contributed by atoms with Gasteiger partial charge < -0.3 is 0 Å². The molecule has 19 heavy (non-hydrogen) atoms. The molecule has 0 spiro atoms. The van der Waals surface area contributed by atoms with Crippen LogP contribution in [0.3, 0.4) is 0 Å². The van der Waals surface area contributed by atoms with Gasteiger partial charge in [0.05, 0.1) is 6.54 Å². The zero-order valence-electron chi connectivity index (χ0n) is 10.7. The predicted molar refractivity (Wildman–Crippen MR) is 73.5 cm³/mol. The number of hydrogen-bond acceptors (Lipinski definition) is 3. The number of tetrazole rings is 1. The van der Waals surface area contributed by atoms with Gasteiger partial charge in [-0.15, -0.1) is 10.2 Å². The van der Waals surface area contributed by atoms with Crippen molar-refractivity contribution in [1.82, 2.24) is 20.2 Å². The summed E-state index contributed by atoms with van der Waals surface area (Å²) in [6, 6.07) is 18.2. The van der Waals surface area contributed by atoms with E-state index in [0.29, 0.717) is 12.4 Å². The van der Waals surface area contributed by atoms with Crippen molar-refractivity contribution in [2.24, 2.45) is 0 Å². The molecule has 94 valence electrons. The largest absolute Gasteiger partial charge is 0.204 e. The van der Waals surface area contributed by atoms with Crippen molar-refractivity contribution in [3.63, 3.8) is 0 Å². The summed E-state index contributed by atoms with van der Waals surface area (Å²) in [6.45, 7) is 2.71. The van der Waals surface area contributed by atoms with Crippen LogP contribution >= 0.6 is 0 Å². The number of nitrogens with zero attached hydrogens (tertiary/aromatic N) is 4. The lowest BCUT2D eigenvalue weighted by molar-refractivity contribution is 0.573. The second-order valence-electron chi connectivity index (χ2n) is 4.50. The Morgan fingerprint density at radius 2 is 1.68 bits per heavy atom. The third kappa shape index (κ3) is 2.68. The van der Waals surface area contributed by atoms with E-state index >= 15 is 0 Å². The highest BCUT2D eigenvalue weighted by Crippen LogP contribution is 2.12. The smallest absolute Gasteiger partial charge is 0.159 e. The van der Waals surface area contributed by atoms with Gasteiger partial charge in [0, 0.05) is 5.56 Å². The Morgan fingerprint density at radius 1 is 0.947 bits per heavy atom. The Bertz CT molecular complexity index is 656. The van der Waals surface area contributed by atoms with E-state index in [0.717, 1.165) is 5.56 Å². The number of aryl methyl sites for hydroxylation is 1. The van der Waals surface area contributed by atoms with Crippen LogP contribution in [0.15, 0.2) is 54.6 Å². The zero-order chi connectivity index (χ0) is 13.1. The van der Waals surface area contributed by atoms with Gasteiger partial charge in [-0.2, -0.15) is 4.80 Å². The maximum Gasteiger partial charge on any atom is 0.204 e. The molecule has 0 unspecified atom stereocenters. The van der Waals surface area contributed by atoms with Gasteiger partial charge in [0.2, 0.25) is 5.82 Å². The first kappa shape index (κ1) is 11.6. The lowest BCUT2D eigenvalue weighted by Crippen LogP contribution is -2.03. The van der Waals surface area contributed by atoms with Crippen molar-refractivity contribution in [2.45, 2.75) is 13.5 Å². The second-order valence-corrected chi connectivity index (χ2v) is 4.50. The molecule has 0 atom stereocenters. The Hall–Kier alpha value is -2.49. The highest BCUT2D eigenvalue weighted by atomic mass is 15.6. The summed E-state index contributed by atoms with van der Waals surface area (Å²) in [7, 11) is 0. The van der Waals surface area contributed by atoms with Crippen LogP contribution in [-0.4, -0.2) is 20.2 Å². The van der Waals surface area contributed by atoms with E-state index < -0.39 is 0 Å². The van der Waals surface area contributed by atoms with Gasteiger partial charge in [0.1, 0.15) is 0 Å². The lowest BCUT2D eigenvalue weighted by Gasteiger charge is -1.99. The van der Waals surface area contributed by atoms with E-state index in [1.165, 1.54) is 11.1 Å². The number of hydrogen-bond donors (Lipinski definition) is 0. The molecule has 0 bridgehead atoms. The average Bonchev–Trinajstić information content (AvgIpc) is 2.91. The van der Waals surface area contributed by atoms with E-state index in [2.05, 4.69) is 46.6 Å². The van der Waals surface area contributed by atoms with Crippen LogP contribution in [0.5, 0.6) is 0 Å². The minimum atomic E-state index is 0.639. The molecular weight excluding hydrogens is 236 g/mol. The molecule has 0 aliphatic heterocycles. The minimum Gasteiger partial charge on any atom is -0.159 e. The lowest BCUT2D eigenvalue weighted by atomic mass is 10.1. The SMILES string of the molecule is Cc1ccc(Cn2nnc(-c3ccccc3)n2)cc1. The molecule has 0 amide bonds. The molecule has 0 saturated heterocycles. The molecule has 0 fully saturated rings. The van der Waals surface area contributed by atoms with E-state index in [1.54, 1.807) is 4.80 Å². The molecule has 3 rings (SSSR count). The Balaban J connectivity index is 1.80. The van der Waals surface area contributed by atoms with Gasteiger partial charge in [-0.25, -0.2) is 0 Å². The van der Waals surface area contributed by atoms with Crippen LogP contribution in [0.2, 0.25) is 0 Å². The third-order valence-electron chi connectivity index (χ3n) is 2.93. The first-order valence-corrected chi connectivity index (χ1v) is 6.20. The van der Waals surface area contributed by atoms with Gasteiger partial charge in [-0.1, -0.05) is 60.2 Å². The monoisotopic (exact) mass is 250 g/mol. The fraction of sp³-hybridized carbons (Fsp3) is 0.133. The fourth-order valence-corrected chi connectivity index (χ4v) is 1.87. The summed E-state index contributed by atoms with van der Waals surface area (Å²) in [5.41, 5.74) is 3.40. The minimum absolute atomic E-state index is 0.639. The van der Waals surface area contributed by atoms with Crippen LogP contribution < -0.4 is 0 Å². The van der Waals surface area contributed by atoms with Crippen molar-refractivity contribution >= 4 is 0 Å². The van der Waals surface area contributed by atoms with Gasteiger partial charge >= 0.3 is 0 Å². The summed E-state index contributed by atoms with van der Waals surface area (Å²) >= 11 is 0. The predicted octanol–water partition coefficient (Wildman–Crippen LogP) is 2.70. The van der Waals surface area contributed by atoms with Crippen LogP contribution in [0.4, 0.5) is 0 Å². The average molecular weight is 250 g/mol. The third-order valence-corrected chi connectivity index (χ3v) is 2.93. The van der Waals surface area contributed by atoms with Crippen LogP contribution in [0.1, 0.15) is 11.1 Å². The van der Waals surface area contributed by atoms with Crippen molar-refractivity contribution in [3.8, 4) is 11.4 Å². The van der Waals surface area contributed by atoms with E-state index in [-0.39, 0.29) is 0 Å². The van der Waals surface area contributed by atoms with Crippen molar-refractivity contribution in [3.05, 3.63) is 65.7 Å². The first-order chi connectivity index (χ1) is 9.31. The van der Waals surface area contributed by atoms with Crippen LogP contribution in [-0.2, 0) is 6.54 Å². The summed E-state index contributed by atoms with van der Waals surface area (Å²) < 4.78 is 0. The first-order valence-electron chi connectivity index (χ1n) is 6.20. The molecule has 4 heteroatoms. The normalized spacial score (nSPS) is 10.6. The highest BCUT2D eigenvalue weighted by molar-refractivity contribution is 5.52. The number of aromatic nitrogens is 4. The van der Waals surface area contributed by atoms with Crippen LogP contribution in [0.25, 0.3) is 11.4 Å². The molecule has 0 saturated carbocycles. The van der Waals surface area contributed by atoms with Gasteiger partial charge in [-0.05, 0) is 17.7 Å². The Labute approximate surface area is 111 Å². The Kier molecular flexibility index (Phi) is 3.06.